The first-order valence-electron chi connectivity index (χ1n) is 5.91. The zero-order valence-corrected chi connectivity index (χ0v) is 13.3. The Labute approximate surface area is 132 Å². The molecular formula is C12H13ClN4O4S. The molecule has 8 nitrogen and oxygen atoms in total. The molecule has 3 N–H and O–H groups in total. The van der Waals surface area contributed by atoms with Crippen molar-refractivity contribution in [3.63, 3.8) is 0 Å². The Morgan fingerprint density at radius 3 is 2.32 bits per heavy atom. The number of anilines is 2. The number of nitrogens with zero attached hydrogens (tertiary/aromatic N) is 2. The van der Waals surface area contributed by atoms with Crippen LogP contribution in [0.2, 0.25) is 5.02 Å². The summed E-state index contributed by atoms with van der Waals surface area (Å²) in [6.45, 7) is 0. The fourth-order valence-corrected chi connectivity index (χ4v) is 2.81. The van der Waals surface area contributed by atoms with E-state index in [1.807, 2.05) is 0 Å². The van der Waals surface area contributed by atoms with Crippen molar-refractivity contribution >= 4 is 33.1 Å². The summed E-state index contributed by atoms with van der Waals surface area (Å²) in [4.78, 5) is 7.72. The van der Waals surface area contributed by atoms with Gasteiger partial charge in [-0.25, -0.2) is 8.42 Å². The molecule has 118 valence electrons. The summed E-state index contributed by atoms with van der Waals surface area (Å²) in [5.41, 5.74) is 5.98. The van der Waals surface area contributed by atoms with Crippen molar-refractivity contribution in [3.8, 4) is 11.9 Å². The van der Waals surface area contributed by atoms with E-state index in [1.54, 1.807) is 0 Å². The number of hydrogen-bond acceptors (Lipinski definition) is 7. The van der Waals surface area contributed by atoms with Gasteiger partial charge in [-0.2, -0.15) is 9.97 Å². The highest BCUT2D eigenvalue weighted by Crippen LogP contribution is 2.32. The molecule has 0 radical (unpaired) electrons. The number of hydrogen-bond donors (Lipinski definition) is 2. The van der Waals surface area contributed by atoms with Crippen LogP contribution in [0.4, 0.5) is 11.5 Å². The van der Waals surface area contributed by atoms with Crippen LogP contribution in [0.1, 0.15) is 0 Å². The first-order valence-corrected chi connectivity index (χ1v) is 7.77. The number of sulfonamides is 1. The summed E-state index contributed by atoms with van der Waals surface area (Å²) in [7, 11) is -1.22. The van der Waals surface area contributed by atoms with E-state index in [0.717, 1.165) is 0 Å². The van der Waals surface area contributed by atoms with Crippen LogP contribution >= 0.6 is 11.6 Å². The summed E-state index contributed by atoms with van der Waals surface area (Å²) < 4.78 is 36.7. The highest BCUT2D eigenvalue weighted by atomic mass is 35.5. The predicted molar refractivity (Wildman–Crippen MR) is 81.8 cm³/mol. The second kappa shape index (κ2) is 6.24. The Balaban J connectivity index is 2.43. The van der Waals surface area contributed by atoms with Crippen LogP contribution in [0.3, 0.4) is 0 Å². The number of nitrogens with one attached hydrogen (secondary N) is 1. The molecule has 0 saturated heterocycles. The maximum atomic E-state index is 12.3. The van der Waals surface area contributed by atoms with E-state index in [4.69, 9.17) is 26.8 Å². The van der Waals surface area contributed by atoms with Gasteiger partial charge >= 0.3 is 6.01 Å². The molecule has 2 aromatic rings. The fourth-order valence-electron chi connectivity index (χ4n) is 1.53. The van der Waals surface area contributed by atoms with Crippen LogP contribution in [0, 0.1) is 0 Å². The third kappa shape index (κ3) is 3.31. The van der Waals surface area contributed by atoms with Gasteiger partial charge in [-0.1, -0.05) is 11.6 Å². The Kier molecular flexibility index (Phi) is 4.57. The molecule has 10 heteroatoms. The summed E-state index contributed by atoms with van der Waals surface area (Å²) in [6.07, 6.45) is 0. The van der Waals surface area contributed by atoms with Crippen molar-refractivity contribution in [1.82, 2.24) is 9.97 Å². The third-order valence-electron chi connectivity index (χ3n) is 2.60. The minimum atomic E-state index is -3.89. The number of methoxy groups -OCH3 is 2. The van der Waals surface area contributed by atoms with Gasteiger partial charge in [0.15, 0.2) is 5.82 Å². The van der Waals surface area contributed by atoms with Crippen molar-refractivity contribution in [2.75, 3.05) is 24.7 Å². The molecule has 2 rings (SSSR count). The normalized spacial score (nSPS) is 11.0. The van der Waals surface area contributed by atoms with Crippen molar-refractivity contribution < 1.29 is 17.9 Å². The fraction of sp³-hybridized carbons (Fsp3) is 0.167. The third-order valence-corrected chi connectivity index (χ3v) is 4.29. The van der Waals surface area contributed by atoms with Gasteiger partial charge in [-0.15, -0.1) is 0 Å². The molecule has 0 unspecified atom stereocenters. The van der Waals surface area contributed by atoms with Gasteiger partial charge in [-0.3, -0.25) is 4.72 Å². The van der Waals surface area contributed by atoms with Gasteiger partial charge in [0.05, 0.1) is 19.1 Å². The summed E-state index contributed by atoms with van der Waals surface area (Å²) in [6, 6.07) is 5.58. The minimum Gasteiger partial charge on any atom is -0.480 e. The quantitative estimate of drug-likeness (QED) is 0.790. The van der Waals surface area contributed by atoms with E-state index < -0.39 is 10.0 Å². The van der Waals surface area contributed by atoms with Crippen molar-refractivity contribution in [1.29, 1.82) is 0 Å². The Hall–Kier alpha value is -2.26. The monoisotopic (exact) mass is 344 g/mol. The number of halogens is 1. The van der Waals surface area contributed by atoms with Gasteiger partial charge in [0.1, 0.15) is 5.02 Å². The molecule has 0 aliphatic carbocycles. The van der Waals surface area contributed by atoms with E-state index in [9.17, 15) is 8.42 Å². The minimum absolute atomic E-state index is 0.00862. The molecule has 0 amide bonds. The number of nitrogens with two attached hydrogens (primary N) is 1. The molecule has 1 aromatic carbocycles. The summed E-state index contributed by atoms with van der Waals surface area (Å²) in [5, 5.41) is -0.0812. The Bertz CT molecular complexity index is 780. The molecule has 0 aliphatic heterocycles. The van der Waals surface area contributed by atoms with E-state index >= 15 is 0 Å². The molecule has 0 spiro atoms. The second-order valence-corrected chi connectivity index (χ2v) is 6.12. The van der Waals surface area contributed by atoms with Crippen LogP contribution in [0.15, 0.2) is 29.2 Å². The SMILES string of the molecule is COc1nc(NS(=O)(=O)c2ccc(N)cc2)c(Cl)c(OC)n1. The van der Waals surface area contributed by atoms with Crippen molar-refractivity contribution in [2.45, 2.75) is 4.90 Å². The largest absolute Gasteiger partial charge is 0.480 e. The number of nitrogen functional groups attached to an aromatic ring is 1. The summed E-state index contributed by atoms with van der Waals surface area (Å²) >= 11 is 6.00. The lowest BCUT2D eigenvalue weighted by Crippen LogP contribution is -2.15. The lowest BCUT2D eigenvalue weighted by Gasteiger charge is -2.11. The first kappa shape index (κ1) is 16.1. The van der Waals surface area contributed by atoms with Gasteiger partial charge in [0.2, 0.25) is 5.88 Å². The zero-order valence-electron chi connectivity index (χ0n) is 11.7. The molecule has 0 aliphatic rings. The Morgan fingerprint density at radius 1 is 1.14 bits per heavy atom. The first-order chi connectivity index (χ1) is 10.4. The van der Waals surface area contributed by atoms with Crippen molar-refractivity contribution in [2.24, 2.45) is 0 Å². The molecular weight excluding hydrogens is 332 g/mol. The lowest BCUT2D eigenvalue weighted by atomic mass is 10.3. The second-order valence-electron chi connectivity index (χ2n) is 4.06. The number of aromatic nitrogens is 2. The van der Waals surface area contributed by atoms with E-state index in [0.29, 0.717) is 5.69 Å². The van der Waals surface area contributed by atoms with Crippen molar-refractivity contribution in [3.05, 3.63) is 29.3 Å². The standard InChI is InChI=1S/C12H13ClN4O4S/c1-20-11-9(13)10(15-12(16-11)21-2)17-22(18,19)8-5-3-7(14)4-6-8/h3-6H,14H2,1-2H3,(H,15,16,17). The van der Waals surface area contributed by atoms with Gasteiger partial charge in [-0.05, 0) is 24.3 Å². The maximum absolute atomic E-state index is 12.3. The number of rotatable bonds is 5. The highest BCUT2D eigenvalue weighted by molar-refractivity contribution is 7.92. The average Bonchev–Trinajstić information content (AvgIpc) is 2.49. The van der Waals surface area contributed by atoms with Crippen LogP contribution in [-0.4, -0.2) is 32.6 Å². The van der Waals surface area contributed by atoms with Crippen LogP contribution in [0.25, 0.3) is 0 Å². The molecule has 0 saturated carbocycles. The van der Waals surface area contributed by atoms with E-state index in [1.165, 1.54) is 38.5 Å². The molecule has 0 fully saturated rings. The summed E-state index contributed by atoms with van der Waals surface area (Å²) in [5.74, 6) is -0.161. The van der Waals surface area contributed by atoms with Crippen LogP contribution < -0.4 is 19.9 Å². The van der Waals surface area contributed by atoms with Crippen LogP contribution in [-0.2, 0) is 10.0 Å². The molecule has 22 heavy (non-hydrogen) atoms. The number of benzene rings is 1. The average molecular weight is 345 g/mol. The molecule has 1 aromatic heterocycles. The predicted octanol–water partition coefficient (Wildman–Crippen LogP) is 1.53. The number of ether oxygens (including phenoxy) is 2. The van der Waals surface area contributed by atoms with E-state index in [2.05, 4.69) is 14.7 Å². The molecule has 1 heterocycles. The van der Waals surface area contributed by atoms with Crippen LogP contribution in [0.5, 0.6) is 11.9 Å². The zero-order chi connectivity index (χ0) is 16.3. The highest BCUT2D eigenvalue weighted by Gasteiger charge is 2.20. The topological polar surface area (TPSA) is 116 Å². The smallest absolute Gasteiger partial charge is 0.321 e. The van der Waals surface area contributed by atoms with Gasteiger partial charge in [0.25, 0.3) is 10.0 Å². The van der Waals surface area contributed by atoms with Gasteiger partial charge < -0.3 is 15.2 Å². The Morgan fingerprint density at radius 2 is 1.77 bits per heavy atom. The molecule has 0 bridgehead atoms. The maximum Gasteiger partial charge on any atom is 0.321 e. The molecule has 0 atom stereocenters. The van der Waals surface area contributed by atoms with Gasteiger partial charge in [0, 0.05) is 5.69 Å². The van der Waals surface area contributed by atoms with E-state index in [-0.39, 0.29) is 27.6 Å². The lowest BCUT2D eigenvalue weighted by molar-refractivity contribution is 0.353.